The molecule has 0 aliphatic heterocycles. The summed E-state index contributed by atoms with van der Waals surface area (Å²) in [6, 6.07) is 12.4. The third-order valence-electron chi connectivity index (χ3n) is 2.50. The maximum atomic E-state index is 6.13. The molecular weight excluding hydrogens is 206 g/mol. The molecule has 2 aromatic carbocycles. The van der Waals surface area contributed by atoms with Gasteiger partial charge in [-0.05, 0) is 30.4 Å². The Labute approximate surface area is 94.9 Å². The maximum Gasteiger partial charge on any atom is 0.0484 e. The number of nitrogens with two attached hydrogens (primary N) is 1. The highest BCUT2D eigenvalue weighted by molar-refractivity contribution is 6.35. The maximum absolute atomic E-state index is 6.13. The van der Waals surface area contributed by atoms with E-state index < -0.39 is 0 Å². The molecule has 2 rings (SSSR count). The molecule has 2 N–H and O–H groups in total. The average molecular weight is 220 g/mol. The van der Waals surface area contributed by atoms with Gasteiger partial charge >= 0.3 is 0 Å². The van der Waals surface area contributed by atoms with Gasteiger partial charge in [0.25, 0.3) is 0 Å². The summed E-state index contributed by atoms with van der Waals surface area (Å²) in [7, 11) is 0. The van der Waals surface area contributed by atoms with Crippen LogP contribution >= 0.6 is 11.6 Å². The summed E-state index contributed by atoms with van der Waals surface area (Å²) in [6.07, 6.45) is 0.887. The largest absolute Gasteiger partial charge is 0.328 e. The van der Waals surface area contributed by atoms with E-state index in [0.29, 0.717) is 0 Å². The monoisotopic (exact) mass is 219 g/mol. The van der Waals surface area contributed by atoms with Crippen LogP contribution in [0.5, 0.6) is 0 Å². The number of fused-ring (bicyclic) bond motifs is 1. The van der Waals surface area contributed by atoms with Crippen molar-refractivity contribution in [2.24, 2.45) is 5.73 Å². The second kappa shape index (κ2) is 4.21. The molecular formula is C13H14ClN. The Bertz CT molecular complexity index is 477. The van der Waals surface area contributed by atoms with Gasteiger partial charge in [-0.1, -0.05) is 41.9 Å². The third-order valence-corrected chi connectivity index (χ3v) is 2.83. The van der Waals surface area contributed by atoms with Crippen LogP contribution in [0.15, 0.2) is 36.4 Å². The molecule has 78 valence electrons. The molecule has 1 nitrogen and oxygen atoms in total. The molecule has 0 aromatic heterocycles. The smallest absolute Gasteiger partial charge is 0.0484 e. The van der Waals surface area contributed by atoms with E-state index >= 15 is 0 Å². The summed E-state index contributed by atoms with van der Waals surface area (Å²) in [5, 5.41) is 3.12. The van der Waals surface area contributed by atoms with Crippen molar-refractivity contribution < 1.29 is 0 Å². The number of benzene rings is 2. The van der Waals surface area contributed by atoms with Gasteiger partial charge in [-0.15, -0.1) is 0 Å². The molecule has 0 saturated carbocycles. The number of hydrogen-bond acceptors (Lipinski definition) is 1. The highest BCUT2D eigenvalue weighted by atomic mass is 35.5. The molecule has 1 unspecified atom stereocenters. The van der Waals surface area contributed by atoms with Crippen molar-refractivity contribution >= 4 is 22.4 Å². The Morgan fingerprint density at radius 2 is 1.80 bits per heavy atom. The summed E-state index contributed by atoms with van der Waals surface area (Å²) >= 11 is 6.13. The van der Waals surface area contributed by atoms with Crippen LogP contribution in [-0.2, 0) is 6.42 Å². The van der Waals surface area contributed by atoms with Crippen LogP contribution in [0.1, 0.15) is 12.5 Å². The van der Waals surface area contributed by atoms with Crippen LogP contribution < -0.4 is 5.73 Å². The van der Waals surface area contributed by atoms with E-state index in [-0.39, 0.29) is 6.04 Å². The molecule has 0 aliphatic rings. The Balaban J connectivity index is 2.61. The molecule has 2 heteroatoms. The standard InChI is InChI=1S/C13H14ClN/c1-9(15)8-10-6-7-13(14)12-5-3-2-4-11(10)12/h2-7,9H,8,15H2,1H3. The summed E-state index contributed by atoms with van der Waals surface area (Å²) in [4.78, 5) is 0. The molecule has 0 aliphatic carbocycles. The Kier molecular flexibility index (Phi) is 2.94. The van der Waals surface area contributed by atoms with Gasteiger partial charge in [-0.3, -0.25) is 0 Å². The lowest BCUT2D eigenvalue weighted by Crippen LogP contribution is -2.17. The van der Waals surface area contributed by atoms with Crippen molar-refractivity contribution in [2.45, 2.75) is 19.4 Å². The van der Waals surface area contributed by atoms with E-state index in [2.05, 4.69) is 12.1 Å². The van der Waals surface area contributed by atoms with Gasteiger partial charge in [0.15, 0.2) is 0 Å². The predicted octanol–water partition coefficient (Wildman–Crippen LogP) is 3.38. The minimum Gasteiger partial charge on any atom is -0.328 e. The molecule has 0 spiro atoms. The van der Waals surface area contributed by atoms with E-state index in [4.69, 9.17) is 17.3 Å². The van der Waals surface area contributed by atoms with Crippen molar-refractivity contribution in [1.29, 1.82) is 0 Å². The molecule has 15 heavy (non-hydrogen) atoms. The fourth-order valence-electron chi connectivity index (χ4n) is 1.85. The van der Waals surface area contributed by atoms with Crippen LogP contribution in [-0.4, -0.2) is 6.04 Å². The molecule has 0 bridgehead atoms. The second-order valence-corrected chi connectivity index (χ2v) is 4.34. The van der Waals surface area contributed by atoms with Crippen LogP contribution in [0.4, 0.5) is 0 Å². The lowest BCUT2D eigenvalue weighted by atomic mass is 10.00. The average Bonchev–Trinajstić information content (AvgIpc) is 2.22. The first kappa shape index (κ1) is 10.5. The lowest BCUT2D eigenvalue weighted by molar-refractivity contribution is 0.742. The number of hydrogen-bond donors (Lipinski definition) is 1. The summed E-state index contributed by atoms with van der Waals surface area (Å²) < 4.78 is 0. The van der Waals surface area contributed by atoms with Crippen molar-refractivity contribution in [2.75, 3.05) is 0 Å². The molecule has 0 amide bonds. The van der Waals surface area contributed by atoms with Gasteiger partial charge < -0.3 is 5.73 Å². The minimum absolute atomic E-state index is 0.176. The highest BCUT2D eigenvalue weighted by Crippen LogP contribution is 2.26. The first-order chi connectivity index (χ1) is 7.18. The van der Waals surface area contributed by atoms with Gasteiger partial charge in [0.05, 0.1) is 0 Å². The topological polar surface area (TPSA) is 26.0 Å². The van der Waals surface area contributed by atoms with Gasteiger partial charge in [0.2, 0.25) is 0 Å². The Hall–Kier alpha value is -1.05. The van der Waals surface area contributed by atoms with Gasteiger partial charge in [-0.2, -0.15) is 0 Å². The zero-order valence-electron chi connectivity index (χ0n) is 8.70. The normalized spacial score (nSPS) is 13.0. The van der Waals surface area contributed by atoms with Gasteiger partial charge in [0, 0.05) is 16.5 Å². The number of rotatable bonds is 2. The first-order valence-corrected chi connectivity index (χ1v) is 5.48. The van der Waals surface area contributed by atoms with Gasteiger partial charge in [0.1, 0.15) is 0 Å². The third kappa shape index (κ3) is 2.14. The summed E-state index contributed by atoms with van der Waals surface area (Å²) in [5.41, 5.74) is 7.09. The lowest BCUT2D eigenvalue weighted by Gasteiger charge is -2.10. The summed E-state index contributed by atoms with van der Waals surface area (Å²) in [6.45, 7) is 2.02. The van der Waals surface area contributed by atoms with Crippen LogP contribution in [0, 0.1) is 0 Å². The van der Waals surface area contributed by atoms with Crippen LogP contribution in [0.3, 0.4) is 0 Å². The highest BCUT2D eigenvalue weighted by Gasteiger charge is 2.05. The quantitative estimate of drug-likeness (QED) is 0.824. The summed E-state index contributed by atoms with van der Waals surface area (Å²) in [5.74, 6) is 0. The van der Waals surface area contributed by atoms with Gasteiger partial charge in [-0.25, -0.2) is 0 Å². The molecule has 0 fully saturated rings. The molecule has 0 heterocycles. The molecule has 2 aromatic rings. The SMILES string of the molecule is CC(N)Cc1ccc(Cl)c2ccccc12. The fraction of sp³-hybridized carbons (Fsp3) is 0.231. The zero-order valence-corrected chi connectivity index (χ0v) is 9.46. The Morgan fingerprint density at radius 3 is 2.47 bits per heavy atom. The molecule has 0 saturated heterocycles. The van der Waals surface area contributed by atoms with Crippen LogP contribution in [0.2, 0.25) is 5.02 Å². The van der Waals surface area contributed by atoms with Crippen LogP contribution in [0.25, 0.3) is 10.8 Å². The molecule has 0 radical (unpaired) electrons. The Morgan fingerprint density at radius 1 is 1.13 bits per heavy atom. The van der Waals surface area contributed by atoms with E-state index in [9.17, 15) is 0 Å². The van der Waals surface area contributed by atoms with E-state index in [1.54, 1.807) is 0 Å². The van der Waals surface area contributed by atoms with E-state index in [0.717, 1.165) is 16.8 Å². The number of halogens is 1. The second-order valence-electron chi connectivity index (χ2n) is 3.93. The predicted molar refractivity (Wildman–Crippen MR) is 66.3 cm³/mol. The van der Waals surface area contributed by atoms with Crippen molar-refractivity contribution in [3.63, 3.8) is 0 Å². The van der Waals surface area contributed by atoms with Crippen molar-refractivity contribution in [1.82, 2.24) is 0 Å². The van der Waals surface area contributed by atoms with E-state index in [1.807, 2.05) is 31.2 Å². The van der Waals surface area contributed by atoms with Crippen molar-refractivity contribution in [3.05, 3.63) is 47.0 Å². The van der Waals surface area contributed by atoms with Crippen molar-refractivity contribution in [3.8, 4) is 0 Å². The first-order valence-electron chi connectivity index (χ1n) is 5.10. The van der Waals surface area contributed by atoms with E-state index in [1.165, 1.54) is 10.9 Å². The zero-order chi connectivity index (χ0) is 10.8. The molecule has 1 atom stereocenters. The fourth-order valence-corrected chi connectivity index (χ4v) is 2.08. The minimum atomic E-state index is 0.176.